The van der Waals surface area contributed by atoms with E-state index in [9.17, 15) is 22.3 Å². The third-order valence-corrected chi connectivity index (χ3v) is 4.35. The molecule has 2 aromatic carbocycles. The molecule has 2 rings (SSSR count). The van der Waals surface area contributed by atoms with Crippen molar-refractivity contribution in [2.24, 2.45) is 0 Å². The number of nitrogens with one attached hydrogen (secondary N) is 1. The maximum absolute atomic E-state index is 13.6. The molecule has 1 atom stereocenters. The molecule has 0 aliphatic heterocycles. The predicted molar refractivity (Wildman–Crippen MR) is 72.9 cm³/mol. The first-order chi connectivity index (χ1) is 9.94. The molecule has 0 spiro atoms. The fourth-order valence-corrected chi connectivity index (χ4v) is 3.13. The van der Waals surface area contributed by atoms with Crippen LogP contribution in [0.2, 0.25) is 0 Å². The quantitative estimate of drug-likeness (QED) is 0.887. The van der Waals surface area contributed by atoms with Gasteiger partial charge in [0.2, 0.25) is 10.0 Å². The van der Waals surface area contributed by atoms with Gasteiger partial charge in [-0.2, -0.15) is 0 Å². The summed E-state index contributed by atoms with van der Waals surface area (Å²) in [5.41, 5.74) is 0.514. The number of rotatable bonds is 5. The second-order valence-corrected chi connectivity index (χ2v) is 6.02. The summed E-state index contributed by atoms with van der Waals surface area (Å²) in [6, 6.07) is 9.53. The van der Waals surface area contributed by atoms with Crippen LogP contribution in [-0.4, -0.2) is 20.1 Å². The maximum Gasteiger partial charge on any atom is 0.244 e. The van der Waals surface area contributed by atoms with Crippen molar-refractivity contribution in [3.63, 3.8) is 0 Å². The van der Waals surface area contributed by atoms with E-state index in [1.54, 1.807) is 30.3 Å². The van der Waals surface area contributed by atoms with E-state index in [1.165, 1.54) is 0 Å². The fraction of sp³-hybridized carbons (Fsp3) is 0.143. The Labute approximate surface area is 121 Å². The summed E-state index contributed by atoms with van der Waals surface area (Å²) < 4.78 is 53.1. The highest BCUT2D eigenvalue weighted by molar-refractivity contribution is 7.89. The molecule has 21 heavy (non-hydrogen) atoms. The van der Waals surface area contributed by atoms with Crippen LogP contribution in [0.3, 0.4) is 0 Å². The normalized spacial score (nSPS) is 13.1. The Morgan fingerprint density at radius 1 is 1.10 bits per heavy atom. The van der Waals surface area contributed by atoms with Crippen LogP contribution in [0.4, 0.5) is 8.78 Å². The molecule has 2 aromatic rings. The number of hydrogen-bond acceptors (Lipinski definition) is 3. The first kappa shape index (κ1) is 15.6. The van der Waals surface area contributed by atoms with Crippen LogP contribution in [0.25, 0.3) is 0 Å². The lowest BCUT2D eigenvalue weighted by Gasteiger charge is -2.17. The van der Waals surface area contributed by atoms with Gasteiger partial charge in [0.15, 0.2) is 0 Å². The average molecular weight is 313 g/mol. The molecule has 1 unspecified atom stereocenters. The topological polar surface area (TPSA) is 66.4 Å². The van der Waals surface area contributed by atoms with E-state index in [1.807, 2.05) is 0 Å². The maximum atomic E-state index is 13.6. The van der Waals surface area contributed by atoms with E-state index < -0.39 is 39.2 Å². The van der Waals surface area contributed by atoms with Gasteiger partial charge in [0.05, 0.1) is 12.6 Å². The van der Waals surface area contributed by atoms with Crippen molar-refractivity contribution in [1.82, 2.24) is 4.72 Å². The second kappa shape index (κ2) is 6.30. The van der Waals surface area contributed by atoms with Gasteiger partial charge < -0.3 is 5.11 Å². The van der Waals surface area contributed by atoms with Gasteiger partial charge in [0, 0.05) is 0 Å². The van der Waals surface area contributed by atoms with Crippen molar-refractivity contribution in [3.8, 4) is 0 Å². The van der Waals surface area contributed by atoms with E-state index in [-0.39, 0.29) is 0 Å². The SMILES string of the molecule is O=S(=O)(NC(CO)c1ccccc1)c1cc(F)ccc1F. The lowest BCUT2D eigenvalue weighted by molar-refractivity contribution is 0.258. The van der Waals surface area contributed by atoms with Crippen LogP contribution in [0.15, 0.2) is 53.4 Å². The van der Waals surface area contributed by atoms with Gasteiger partial charge in [0.1, 0.15) is 16.5 Å². The summed E-state index contributed by atoms with van der Waals surface area (Å²) in [5.74, 6) is -1.93. The first-order valence-electron chi connectivity index (χ1n) is 6.07. The predicted octanol–water partition coefficient (Wildman–Crippen LogP) is 1.98. The van der Waals surface area contributed by atoms with E-state index >= 15 is 0 Å². The lowest BCUT2D eigenvalue weighted by Crippen LogP contribution is -2.31. The lowest BCUT2D eigenvalue weighted by atomic mass is 10.1. The first-order valence-corrected chi connectivity index (χ1v) is 7.55. The Balaban J connectivity index is 2.34. The highest BCUT2D eigenvalue weighted by Crippen LogP contribution is 2.20. The smallest absolute Gasteiger partial charge is 0.244 e. The molecule has 2 N–H and O–H groups in total. The summed E-state index contributed by atoms with van der Waals surface area (Å²) in [6.07, 6.45) is 0. The summed E-state index contributed by atoms with van der Waals surface area (Å²) in [5, 5.41) is 9.32. The van der Waals surface area contributed by atoms with Crippen LogP contribution in [-0.2, 0) is 10.0 Å². The Kier molecular flexibility index (Phi) is 4.66. The third kappa shape index (κ3) is 3.63. The van der Waals surface area contributed by atoms with Crippen molar-refractivity contribution in [1.29, 1.82) is 0 Å². The summed E-state index contributed by atoms with van der Waals surface area (Å²) in [4.78, 5) is -0.795. The molecule has 0 amide bonds. The number of aliphatic hydroxyl groups is 1. The van der Waals surface area contributed by atoms with Crippen LogP contribution in [0.1, 0.15) is 11.6 Å². The molecule has 7 heteroatoms. The average Bonchev–Trinajstić information content (AvgIpc) is 2.48. The molecule has 0 saturated heterocycles. The van der Waals surface area contributed by atoms with Gasteiger partial charge in [-0.25, -0.2) is 21.9 Å². The Morgan fingerprint density at radius 2 is 1.76 bits per heavy atom. The minimum absolute atomic E-state index is 0.514. The van der Waals surface area contributed by atoms with Crippen molar-refractivity contribution < 1.29 is 22.3 Å². The van der Waals surface area contributed by atoms with Crippen LogP contribution >= 0.6 is 0 Å². The minimum atomic E-state index is -4.30. The van der Waals surface area contributed by atoms with Crippen molar-refractivity contribution in [2.45, 2.75) is 10.9 Å². The summed E-state index contributed by atoms with van der Waals surface area (Å²) >= 11 is 0. The molecule has 0 aromatic heterocycles. The minimum Gasteiger partial charge on any atom is -0.394 e. The highest BCUT2D eigenvalue weighted by Gasteiger charge is 2.24. The van der Waals surface area contributed by atoms with Gasteiger partial charge >= 0.3 is 0 Å². The van der Waals surface area contributed by atoms with Gasteiger partial charge in [-0.05, 0) is 23.8 Å². The summed E-state index contributed by atoms with van der Waals surface area (Å²) in [6.45, 7) is -0.514. The number of sulfonamides is 1. The van der Waals surface area contributed by atoms with Gasteiger partial charge in [0.25, 0.3) is 0 Å². The molecule has 4 nitrogen and oxygen atoms in total. The molecular formula is C14H13F2NO3S. The van der Waals surface area contributed by atoms with Crippen LogP contribution in [0.5, 0.6) is 0 Å². The zero-order valence-electron chi connectivity index (χ0n) is 10.8. The van der Waals surface area contributed by atoms with Crippen LogP contribution in [0, 0.1) is 11.6 Å². The number of benzene rings is 2. The molecule has 0 aliphatic rings. The van der Waals surface area contributed by atoms with Gasteiger partial charge in [-0.3, -0.25) is 0 Å². The van der Waals surface area contributed by atoms with Gasteiger partial charge in [-0.1, -0.05) is 30.3 Å². The monoisotopic (exact) mass is 313 g/mol. The van der Waals surface area contributed by atoms with E-state index in [4.69, 9.17) is 0 Å². The zero-order valence-corrected chi connectivity index (χ0v) is 11.6. The summed E-state index contributed by atoms with van der Waals surface area (Å²) in [7, 11) is -4.30. The van der Waals surface area contributed by atoms with E-state index in [0.29, 0.717) is 11.6 Å². The zero-order chi connectivity index (χ0) is 15.5. The molecule has 0 fully saturated rings. The van der Waals surface area contributed by atoms with E-state index in [0.717, 1.165) is 12.1 Å². The number of halogens is 2. The molecule has 0 bridgehead atoms. The van der Waals surface area contributed by atoms with E-state index in [2.05, 4.69) is 4.72 Å². The van der Waals surface area contributed by atoms with Crippen molar-refractivity contribution in [3.05, 3.63) is 65.7 Å². The molecule has 0 aliphatic carbocycles. The third-order valence-electron chi connectivity index (χ3n) is 2.86. The second-order valence-electron chi connectivity index (χ2n) is 4.34. The number of aliphatic hydroxyl groups excluding tert-OH is 1. The van der Waals surface area contributed by atoms with Crippen LogP contribution < -0.4 is 4.72 Å². The standard InChI is InChI=1S/C14H13F2NO3S/c15-11-6-7-12(16)14(8-11)21(19,20)17-13(9-18)10-4-2-1-3-5-10/h1-8,13,17-18H,9H2. The molecular weight excluding hydrogens is 300 g/mol. The van der Waals surface area contributed by atoms with Gasteiger partial charge in [-0.15, -0.1) is 0 Å². The Hall–Kier alpha value is -1.83. The fourth-order valence-electron chi connectivity index (χ4n) is 1.83. The molecule has 112 valence electrons. The molecule has 0 saturated carbocycles. The van der Waals surface area contributed by atoms with Crippen molar-refractivity contribution >= 4 is 10.0 Å². The molecule has 0 heterocycles. The Morgan fingerprint density at radius 3 is 2.38 bits per heavy atom. The van der Waals surface area contributed by atoms with Crippen molar-refractivity contribution in [2.75, 3.05) is 6.61 Å². The number of hydrogen-bond donors (Lipinski definition) is 2. The Bertz CT molecular complexity index is 720. The highest BCUT2D eigenvalue weighted by atomic mass is 32.2. The largest absolute Gasteiger partial charge is 0.394 e. The molecule has 0 radical (unpaired) electrons.